The Hall–Kier alpha value is -2.17. The summed E-state index contributed by atoms with van der Waals surface area (Å²) in [6.45, 7) is 6.86. The molecule has 2 aromatic heterocycles. The normalized spacial score (nSPS) is 10.7. The van der Waals surface area contributed by atoms with Crippen LogP contribution >= 0.6 is 0 Å². The first kappa shape index (κ1) is 16.2. The van der Waals surface area contributed by atoms with Crippen LogP contribution in [0.4, 0.5) is 0 Å². The third kappa shape index (κ3) is 3.53. The van der Waals surface area contributed by atoms with Crippen molar-refractivity contribution >= 4 is 5.91 Å². The Morgan fingerprint density at radius 1 is 1.23 bits per heavy atom. The molecule has 0 saturated carbocycles. The number of carbonyl (C=O) groups is 1. The molecule has 118 valence electrons. The molecule has 0 bridgehead atoms. The van der Waals surface area contributed by atoms with E-state index < -0.39 is 0 Å². The van der Waals surface area contributed by atoms with Gasteiger partial charge in [0.05, 0.1) is 6.20 Å². The fraction of sp³-hybridized carbons (Fsp3) is 0.471. The zero-order valence-electron chi connectivity index (χ0n) is 13.8. The van der Waals surface area contributed by atoms with Gasteiger partial charge in [-0.25, -0.2) is 0 Å². The Bertz CT molecular complexity index is 661. The van der Waals surface area contributed by atoms with Gasteiger partial charge in [-0.1, -0.05) is 19.8 Å². The topological polar surface area (TPSA) is 59.8 Å². The maximum absolute atomic E-state index is 12.2. The first-order valence-corrected chi connectivity index (χ1v) is 7.78. The molecule has 1 N–H and O–H groups in total. The average molecular weight is 300 g/mol. The van der Waals surface area contributed by atoms with Crippen molar-refractivity contribution < 1.29 is 4.79 Å². The van der Waals surface area contributed by atoms with Gasteiger partial charge in [0.1, 0.15) is 5.69 Å². The summed E-state index contributed by atoms with van der Waals surface area (Å²) in [6, 6.07) is 1.86. The second-order valence-electron chi connectivity index (χ2n) is 5.61. The Labute approximate surface area is 131 Å². The number of hydrogen-bond donors (Lipinski definition) is 1. The number of nitrogens with zero attached hydrogens (tertiary/aromatic N) is 3. The Morgan fingerprint density at radius 2 is 2.00 bits per heavy atom. The monoisotopic (exact) mass is 300 g/mol. The van der Waals surface area contributed by atoms with Gasteiger partial charge in [0.25, 0.3) is 5.91 Å². The highest BCUT2D eigenvalue weighted by Gasteiger charge is 2.13. The van der Waals surface area contributed by atoms with Gasteiger partial charge in [0.15, 0.2) is 0 Å². The average Bonchev–Trinajstić information content (AvgIpc) is 2.84. The number of hydrogen-bond acceptors (Lipinski definition) is 3. The van der Waals surface area contributed by atoms with Crippen LogP contribution in [-0.2, 0) is 7.05 Å². The van der Waals surface area contributed by atoms with Crippen LogP contribution in [0, 0.1) is 13.8 Å². The van der Waals surface area contributed by atoms with Crippen LogP contribution in [0.3, 0.4) is 0 Å². The van der Waals surface area contributed by atoms with Gasteiger partial charge < -0.3 is 5.32 Å². The lowest BCUT2D eigenvalue weighted by molar-refractivity contribution is 0.0948. The van der Waals surface area contributed by atoms with Gasteiger partial charge in [0, 0.05) is 31.0 Å². The van der Waals surface area contributed by atoms with Crippen molar-refractivity contribution in [1.82, 2.24) is 20.1 Å². The second-order valence-corrected chi connectivity index (χ2v) is 5.61. The molecular weight excluding hydrogens is 276 g/mol. The highest BCUT2D eigenvalue weighted by Crippen LogP contribution is 2.26. The van der Waals surface area contributed by atoms with Crippen molar-refractivity contribution in [1.29, 1.82) is 0 Å². The van der Waals surface area contributed by atoms with Gasteiger partial charge in [-0.3, -0.25) is 14.5 Å². The zero-order valence-corrected chi connectivity index (χ0v) is 13.8. The number of aromatic nitrogens is 3. The molecule has 0 radical (unpaired) electrons. The fourth-order valence-corrected chi connectivity index (χ4v) is 2.37. The van der Waals surface area contributed by atoms with Crippen molar-refractivity contribution in [3.63, 3.8) is 0 Å². The van der Waals surface area contributed by atoms with Crippen LogP contribution < -0.4 is 5.32 Å². The molecule has 0 aliphatic heterocycles. The number of rotatable bonds is 6. The quantitative estimate of drug-likeness (QED) is 0.834. The van der Waals surface area contributed by atoms with E-state index in [0.717, 1.165) is 41.6 Å². The number of unbranched alkanes of at least 4 members (excludes halogenated alkanes) is 2. The number of amides is 1. The lowest BCUT2D eigenvalue weighted by Crippen LogP contribution is -2.25. The van der Waals surface area contributed by atoms with Crippen molar-refractivity contribution in [3.05, 3.63) is 35.4 Å². The van der Waals surface area contributed by atoms with Crippen molar-refractivity contribution in [2.75, 3.05) is 6.54 Å². The summed E-state index contributed by atoms with van der Waals surface area (Å²) in [5.41, 5.74) is 4.63. The van der Waals surface area contributed by atoms with Gasteiger partial charge in [-0.2, -0.15) is 5.10 Å². The highest BCUT2D eigenvalue weighted by molar-refractivity contribution is 5.93. The SMILES string of the molecule is CCCCCNC(=O)c1cc(-c2cnn(C)c2C)c(C)cn1. The molecule has 0 spiro atoms. The van der Waals surface area contributed by atoms with Crippen molar-refractivity contribution in [2.45, 2.75) is 40.0 Å². The van der Waals surface area contributed by atoms with E-state index in [2.05, 4.69) is 22.3 Å². The third-order valence-electron chi connectivity index (χ3n) is 3.93. The summed E-state index contributed by atoms with van der Waals surface area (Å²) in [5, 5.41) is 7.20. The van der Waals surface area contributed by atoms with Crippen LogP contribution in [0.15, 0.2) is 18.5 Å². The minimum absolute atomic E-state index is 0.112. The predicted octanol–water partition coefficient (Wildman–Crippen LogP) is 3.02. The van der Waals surface area contributed by atoms with Crippen molar-refractivity contribution in [3.8, 4) is 11.1 Å². The van der Waals surface area contributed by atoms with E-state index in [4.69, 9.17) is 0 Å². The molecule has 5 heteroatoms. The van der Waals surface area contributed by atoms with E-state index in [1.165, 1.54) is 0 Å². The van der Waals surface area contributed by atoms with E-state index in [9.17, 15) is 4.79 Å². The smallest absolute Gasteiger partial charge is 0.269 e. The van der Waals surface area contributed by atoms with Crippen molar-refractivity contribution in [2.24, 2.45) is 7.05 Å². The minimum Gasteiger partial charge on any atom is -0.351 e. The predicted molar refractivity (Wildman–Crippen MR) is 87.8 cm³/mol. The van der Waals surface area contributed by atoms with E-state index in [1.54, 1.807) is 6.20 Å². The summed E-state index contributed by atoms with van der Waals surface area (Å²) in [6.07, 6.45) is 6.86. The lowest BCUT2D eigenvalue weighted by Gasteiger charge is -2.09. The molecule has 1 amide bonds. The van der Waals surface area contributed by atoms with Gasteiger partial charge in [-0.15, -0.1) is 0 Å². The second kappa shape index (κ2) is 7.20. The van der Waals surface area contributed by atoms with E-state index in [0.29, 0.717) is 12.2 Å². The van der Waals surface area contributed by atoms with Crippen LogP contribution in [0.5, 0.6) is 0 Å². The zero-order chi connectivity index (χ0) is 16.1. The van der Waals surface area contributed by atoms with Crippen LogP contribution in [0.1, 0.15) is 47.9 Å². The molecule has 0 saturated heterocycles. The summed E-state index contributed by atoms with van der Waals surface area (Å²) in [4.78, 5) is 16.5. The van der Waals surface area contributed by atoms with Gasteiger partial charge in [0.2, 0.25) is 0 Å². The summed E-state index contributed by atoms with van der Waals surface area (Å²) in [7, 11) is 1.91. The summed E-state index contributed by atoms with van der Waals surface area (Å²) in [5.74, 6) is -0.112. The number of pyridine rings is 1. The first-order chi connectivity index (χ1) is 10.5. The van der Waals surface area contributed by atoms with E-state index in [1.807, 2.05) is 37.8 Å². The molecule has 22 heavy (non-hydrogen) atoms. The highest BCUT2D eigenvalue weighted by atomic mass is 16.1. The molecule has 0 unspecified atom stereocenters. The molecule has 0 aliphatic carbocycles. The molecule has 0 atom stereocenters. The molecule has 0 aromatic carbocycles. The Balaban J connectivity index is 2.20. The summed E-state index contributed by atoms with van der Waals surface area (Å²) < 4.78 is 1.83. The van der Waals surface area contributed by atoms with Crippen LogP contribution in [0.2, 0.25) is 0 Å². The third-order valence-corrected chi connectivity index (χ3v) is 3.93. The number of nitrogens with one attached hydrogen (secondary N) is 1. The molecule has 0 aliphatic rings. The van der Waals surface area contributed by atoms with Crippen LogP contribution in [0.25, 0.3) is 11.1 Å². The van der Waals surface area contributed by atoms with E-state index >= 15 is 0 Å². The molecule has 2 rings (SSSR count). The van der Waals surface area contributed by atoms with Gasteiger partial charge in [-0.05, 0) is 37.5 Å². The molecule has 2 heterocycles. The molecule has 2 aromatic rings. The minimum atomic E-state index is -0.112. The maximum Gasteiger partial charge on any atom is 0.269 e. The largest absolute Gasteiger partial charge is 0.351 e. The Kier molecular flexibility index (Phi) is 5.31. The maximum atomic E-state index is 12.2. The lowest BCUT2D eigenvalue weighted by atomic mass is 10.0. The van der Waals surface area contributed by atoms with E-state index in [-0.39, 0.29) is 5.91 Å². The number of aryl methyl sites for hydroxylation is 2. The standard InChI is InChI=1S/C17H24N4O/c1-5-6-7-8-18-17(22)16-9-14(12(2)10-19-16)15-11-20-21(4)13(15)3/h9-11H,5-8H2,1-4H3,(H,18,22). The number of carbonyl (C=O) groups excluding carboxylic acids is 1. The summed E-state index contributed by atoms with van der Waals surface area (Å²) >= 11 is 0. The Morgan fingerprint density at radius 3 is 2.64 bits per heavy atom. The molecular formula is C17H24N4O. The van der Waals surface area contributed by atoms with Crippen LogP contribution in [-0.4, -0.2) is 27.2 Å². The molecule has 0 fully saturated rings. The van der Waals surface area contributed by atoms with Gasteiger partial charge >= 0.3 is 0 Å². The fourth-order valence-electron chi connectivity index (χ4n) is 2.37. The first-order valence-electron chi connectivity index (χ1n) is 7.78. The molecule has 5 nitrogen and oxygen atoms in total.